The van der Waals surface area contributed by atoms with Gasteiger partial charge in [-0.05, 0) is 36.8 Å². The van der Waals surface area contributed by atoms with Gasteiger partial charge in [0, 0.05) is 5.56 Å². The Morgan fingerprint density at radius 2 is 2.07 bits per heavy atom. The van der Waals surface area contributed by atoms with Gasteiger partial charge in [0.05, 0.1) is 5.02 Å². The zero-order valence-corrected chi connectivity index (χ0v) is 8.91. The quantitative estimate of drug-likeness (QED) is 0.722. The molecule has 0 unspecified atom stereocenters. The van der Waals surface area contributed by atoms with Gasteiger partial charge in [-0.3, -0.25) is 4.79 Å². The van der Waals surface area contributed by atoms with E-state index in [4.69, 9.17) is 16.0 Å². The first-order chi connectivity index (χ1) is 7.20. The number of benzene rings is 1. The minimum Gasteiger partial charge on any atom is -0.453 e. The largest absolute Gasteiger partial charge is 0.453 e. The predicted molar refractivity (Wildman–Crippen MR) is 59.3 cm³/mol. The lowest BCUT2D eigenvalue weighted by atomic mass is 10.1. The maximum atomic E-state index is 10.5. The van der Waals surface area contributed by atoms with Gasteiger partial charge >= 0.3 is 0 Å². The highest BCUT2D eigenvalue weighted by atomic mass is 35.5. The van der Waals surface area contributed by atoms with Gasteiger partial charge in [-0.1, -0.05) is 17.7 Å². The smallest absolute Gasteiger partial charge is 0.185 e. The lowest BCUT2D eigenvalue weighted by Crippen LogP contribution is -1.78. The third-order valence-corrected chi connectivity index (χ3v) is 2.45. The molecular weight excluding hydrogens is 212 g/mol. The molecule has 0 saturated carbocycles. The molecule has 1 aromatic carbocycles. The molecule has 0 radical (unpaired) electrons. The molecule has 0 fully saturated rings. The number of rotatable bonds is 2. The monoisotopic (exact) mass is 220 g/mol. The Morgan fingerprint density at radius 1 is 1.27 bits per heavy atom. The molecule has 1 heterocycles. The van der Waals surface area contributed by atoms with E-state index in [0.717, 1.165) is 11.1 Å². The molecule has 0 amide bonds. The number of aldehydes is 1. The van der Waals surface area contributed by atoms with E-state index in [1.54, 1.807) is 12.1 Å². The van der Waals surface area contributed by atoms with Crippen LogP contribution in [0.2, 0.25) is 5.02 Å². The van der Waals surface area contributed by atoms with Gasteiger partial charge in [-0.15, -0.1) is 0 Å². The van der Waals surface area contributed by atoms with Crippen LogP contribution in [0.4, 0.5) is 0 Å². The number of aryl methyl sites for hydroxylation is 1. The van der Waals surface area contributed by atoms with Crippen molar-refractivity contribution in [3.8, 4) is 11.3 Å². The summed E-state index contributed by atoms with van der Waals surface area (Å²) >= 11 is 6.07. The Labute approximate surface area is 92.5 Å². The van der Waals surface area contributed by atoms with Crippen LogP contribution in [0.1, 0.15) is 16.1 Å². The summed E-state index contributed by atoms with van der Waals surface area (Å²) in [5.41, 5.74) is 1.89. The van der Waals surface area contributed by atoms with E-state index in [2.05, 4.69) is 0 Å². The van der Waals surface area contributed by atoms with Crippen LogP contribution in [0.25, 0.3) is 11.3 Å². The van der Waals surface area contributed by atoms with E-state index >= 15 is 0 Å². The van der Waals surface area contributed by atoms with E-state index < -0.39 is 0 Å². The van der Waals surface area contributed by atoms with Crippen molar-refractivity contribution in [1.29, 1.82) is 0 Å². The van der Waals surface area contributed by atoms with E-state index in [9.17, 15) is 4.79 Å². The fourth-order valence-electron chi connectivity index (χ4n) is 1.38. The Balaban J connectivity index is 2.49. The minimum atomic E-state index is 0.307. The lowest BCUT2D eigenvalue weighted by molar-refractivity contribution is 0.110. The number of hydrogen-bond donors (Lipinski definition) is 0. The van der Waals surface area contributed by atoms with Crippen LogP contribution in [0, 0.1) is 6.92 Å². The number of hydrogen-bond acceptors (Lipinski definition) is 2. The molecule has 1 aromatic heterocycles. The maximum absolute atomic E-state index is 10.5. The molecule has 2 aromatic rings. The molecule has 0 atom stereocenters. The van der Waals surface area contributed by atoms with Crippen LogP contribution in [0.3, 0.4) is 0 Å². The fourth-order valence-corrected chi connectivity index (χ4v) is 1.71. The molecule has 0 saturated heterocycles. The number of halogens is 1. The normalized spacial score (nSPS) is 10.3. The van der Waals surface area contributed by atoms with Gasteiger partial charge in [0.15, 0.2) is 12.0 Å². The predicted octanol–water partition coefficient (Wildman–Crippen LogP) is 3.72. The summed E-state index contributed by atoms with van der Waals surface area (Å²) in [4.78, 5) is 10.5. The number of carbonyl (C=O) groups is 1. The van der Waals surface area contributed by atoms with Crippen molar-refractivity contribution < 1.29 is 9.21 Å². The molecule has 0 aliphatic carbocycles. The van der Waals surface area contributed by atoms with Crippen molar-refractivity contribution in [3.63, 3.8) is 0 Å². The standard InChI is InChI=1S/C12H9ClO2/c1-8-2-4-10(11(13)6-8)12-5-3-9(7-14)15-12/h2-7H,1H3. The van der Waals surface area contributed by atoms with E-state index in [1.807, 2.05) is 25.1 Å². The highest BCUT2D eigenvalue weighted by Gasteiger charge is 2.07. The van der Waals surface area contributed by atoms with Crippen LogP contribution < -0.4 is 0 Å². The van der Waals surface area contributed by atoms with E-state index in [0.29, 0.717) is 22.8 Å². The Bertz CT molecular complexity index is 500. The third-order valence-electron chi connectivity index (χ3n) is 2.13. The van der Waals surface area contributed by atoms with Crippen LogP contribution in [0.15, 0.2) is 34.7 Å². The second-order valence-corrected chi connectivity index (χ2v) is 3.71. The Kier molecular flexibility index (Phi) is 2.60. The molecule has 0 N–H and O–H groups in total. The molecule has 2 rings (SSSR count). The topological polar surface area (TPSA) is 30.2 Å². The minimum absolute atomic E-state index is 0.307. The van der Waals surface area contributed by atoms with Gasteiger partial charge < -0.3 is 4.42 Å². The first kappa shape index (κ1) is 9.99. The molecule has 0 spiro atoms. The van der Waals surface area contributed by atoms with Gasteiger partial charge in [0.25, 0.3) is 0 Å². The van der Waals surface area contributed by atoms with Gasteiger partial charge in [-0.25, -0.2) is 0 Å². The van der Waals surface area contributed by atoms with Crippen molar-refractivity contribution in [2.75, 3.05) is 0 Å². The molecule has 76 valence electrons. The molecule has 2 nitrogen and oxygen atoms in total. The summed E-state index contributed by atoms with van der Waals surface area (Å²) in [5.74, 6) is 0.920. The summed E-state index contributed by atoms with van der Waals surface area (Å²) in [6.07, 6.45) is 0.672. The highest BCUT2D eigenvalue weighted by Crippen LogP contribution is 2.29. The maximum Gasteiger partial charge on any atom is 0.185 e. The first-order valence-electron chi connectivity index (χ1n) is 4.52. The summed E-state index contributed by atoms with van der Waals surface area (Å²) in [7, 11) is 0. The molecule has 0 aliphatic heterocycles. The van der Waals surface area contributed by atoms with Gasteiger partial charge in [0.1, 0.15) is 5.76 Å². The molecular formula is C12H9ClO2. The van der Waals surface area contributed by atoms with E-state index in [-0.39, 0.29) is 0 Å². The Morgan fingerprint density at radius 3 is 2.67 bits per heavy atom. The van der Waals surface area contributed by atoms with Crippen molar-refractivity contribution >= 4 is 17.9 Å². The van der Waals surface area contributed by atoms with Crippen LogP contribution in [-0.4, -0.2) is 6.29 Å². The lowest BCUT2D eigenvalue weighted by Gasteiger charge is -2.01. The molecule has 15 heavy (non-hydrogen) atoms. The zero-order valence-electron chi connectivity index (χ0n) is 8.16. The summed E-state index contributed by atoms with van der Waals surface area (Å²) in [6, 6.07) is 9.05. The fraction of sp³-hybridized carbons (Fsp3) is 0.0833. The van der Waals surface area contributed by atoms with Crippen molar-refractivity contribution in [2.45, 2.75) is 6.92 Å². The average Bonchev–Trinajstić information content (AvgIpc) is 2.66. The Hall–Kier alpha value is -1.54. The number of furan rings is 1. The second-order valence-electron chi connectivity index (χ2n) is 3.30. The van der Waals surface area contributed by atoms with Crippen LogP contribution >= 0.6 is 11.6 Å². The molecule has 0 aliphatic rings. The third kappa shape index (κ3) is 1.95. The molecule has 0 bridgehead atoms. The van der Waals surface area contributed by atoms with Crippen molar-refractivity contribution in [2.24, 2.45) is 0 Å². The average molecular weight is 221 g/mol. The van der Waals surface area contributed by atoms with Crippen LogP contribution in [-0.2, 0) is 0 Å². The summed E-state index contributed by atoms with van der Waals surface area (Å²) in [6.45, 7) is 1.97. The number of carbonyl (C=O) groups excluding carboxylic acids is 1. The van der Waals surface area contributed by atoms with Gasteiger partial charge in [-0.2, -0.15) is 0 Å². The molecule has 3 heteroatoms. The van der Waals surface area contributed by atoms with Gasteiger partial charge in [0.2, 0.25) is 0 Å². The zero-order chi connectivity index (χ0) is 10.8. The summed E-state index contributed by atoms with van der Waals surface area (Å²) in [5, 5.41) is 0.627. The van der Waals surface area contributed by atoms with Crippen LogP contribution in [0.5, 0.6) is 0 Å². The second kappa shape index (κ2) is 3.91. The SMILES string of the molecule is Cc1ccc(-c2ccc(C=O)o2)c(Cl)c1. The van der Waals surface area contributed by atoms with E-state index in [1.165, 1.54) is 0 Å². The summed E-state index contributed by atoms with van der Waals surface area (Å²) < 4.78 is 5.29. The van der Waals surface area contributed by atoms with Crippen molar-refractivity contribution in [3.05, 3.63) is 46.7 Å². The first-order valence-corrected chi connectivity index (χ1v) is 4.90. The highest BCUT2D eigenvalue weighted by molar-refractivity contribution is 6.33. The van der Waals surface area contributed by atoms with Crippen molar-refractivity contribution in [1.82, 2.24) is 0 Å².